The summed E-state index contributed by atoms with van der Waals surface area (Å²) in [7, 11) is 0. The van der Waals surface area contributed by atoms with Gasteiger partial charge in [-0.1, -0.05) is 17.7 Å². The standard InChI is InChI=1S/C22H19ClF4N4OS/c1-21(2,32)6-8-31-19(22(25,26)27)13(11-30-31)18-17(20-28-7-9-33-20)12(10-29-18)16-14(23)4-3-5-15(16)24/h3-5,7,9-11,29,32H,6,8H2,1-2H3. The minimum Gasteiger partial charge on any atom is -0.390 e. The van der Waals surface area contributed by atoms with E-state index in [-0.39, 0.29) is 34.8 Å². The first-order valence-electron chi connectivity index (χ1n) is 9.89. The molecule has 3 aromatic heterocycles. The van der Waals surface area contributed by atoms with Gasteiger partial charge in [0, 0.05) is 46.6 Å². The van der Waals surface area contributed by atoms with Gasteiger partial charge >= 0.3 is 6.18 Å². The van der Waals surface area contributed by atoms with Crippen LogP contribution in [0.1, 0.15) is 26.0 Å². The summed E-state index contributed by atoms with van der Waals surface area (Å²) in [5.41, 5.74) is -1.59. The molecule has 0 atom stereocenters. The molecule has 2 N–H and O–H groups in total. The van der Waals surface area contributed by atoms with Crippen molar-refractivity contribution in [3.05, 3.63) is 58.7 Å². The topological polar surface area (TPSA) is 66.7 Å². The maximum absolute atomic E-state index is 14.7. The van der Waals surface area contributed by atoms with Gasteiger partial charge in [0.15, 0.2) is 5.69 Å². The first-order chi connectivity index (χ1) is 15.5. The molecule has 1 aromatic carbocycles. The summed E-state index contributed by atoms with van der Waals surface area (Å²) in [6.45, 7) is 2.89. The average molecular weight is 499 g/mol. The molecule has 0 bridgehead atoms. The van der Waals surface area contributed by atoms with Gasteiger partial charge in [-0.2, -0.15) is 18.3 Å². The number of rotatable bonds is 6. The van der Waals surface area contributed by atoms with Gasteiger partial charge in [0.25, 0.3) is 0 Å². The van der Waals surface area contributed by atoms with Crippen molar-refractivity contribution < 1.29 is 22.7 Å². The Bertz CT molecular complexity index is 1250. The zero-order chi connectivity index (χ0) is 24.0. The molecule has 0 saturated heterocycles. The molecule has 0 aliphatic carbocycles. The summed E-state index contributed by atoms with van der Waals surface area (Å²) in [5, 5.41) is 16.1. The van der Waals surface area contributed by atoms with E-state index in [0.29, 0.717) is 16.1 Å². The molecule has 0 saturated carbocycles. The smallest absolute Gasteiger partial charge is 0.390 e. The monoisotopic (exact) mass is 498 g/mol. The van der Waals surface area contributed by atoms with Gasteiger partial charge in [-0.3, -0.25) is 4.68 Å². The summed E-state index contributed by atoms with van der Waals surface area (Å²) in [6, 6.07) is 4.19. The van der Waals surface area contributed by atoms with E-state index < -0.39 is 23.3 Å². The minimum atomic E-state index is -4.73. The summed E-state index contributed by atoms with van der Waals surface area (Å²) in [5.74, 6) is -0.609. The molecule has 0 radical (unpaired) electrons. The third-order valence-electron chi connectivity index (χ3n) is 5.07. The third-order valence-corrected chi connectivity index (χ3v) is 6.18. The fourth-order valence-corrected chi connectivity index (χ4v) is 4.54. The second kappa shape index (κ2) is 8.58. The van der Waals surface area contributed by atoms with Crippen LogP contribution in [0.5, 0.6) is 0 Å². The molecule has 0 fully saturated rings. The second-order valence-electron chi connectivity index (χ2n) is 8.08. The Kier molecular flexibility index (Phi) is 6.10. The zero-order valence-electron chi connectivity index (χ0n) is 17.5. The predicted octanol–water partition coefficient (Wildman–Crippen LogP) is 6.64. The SMILES string of the molecule is CC(C)(O)CCn1ncc(-c2[nH]cc(-c3c(F)cccc3Cl)c2-c2nccs2)c1C(F)(F)F. The zero-order valence-corrected chi connectivity index (χ0v) is 19.1. The number of halogens is 5. The summed E-state index contributed by atoms with van der Waals surface area (Å²) < 4.78 is 58.0. The predicted molar refractivity (Wildman–Crippen MR) is 119 cm³/mol. The third kappa shape index (κ3) is 4.68. The lowest BCUT2D eigenvalue weighted by molar-refractivity contribution is -0.144. The van der Waals surface area contributed by atoms with E-state index in [2.05, 4.69) is 15.1 Å². The van der Waals surface area contributed by atoms with Crippen LogP contribution in [-0.2, 0) is 12.7 Å². The number of nitrogens with zero attached hydrogens (tertiary/aromatic N) is 3. The Labute approximate surface area is 195 Å². The number of hydrogen-bond donors (Lipinski definition) is 2. The Morgan fingerprint density at radius 3 is 2.55 bits per heavy atom. The van der Waals surface area contributed by atoms with E-state index in [1.54, 1.807) is 5.38 Å². The molecule has 0 aliphatic rings. The van der Waals surface area contributed by atoms with Crippen LogP contribution in [0, 0.1) is 5.82 Å². The van der Waals surface area contributed by atoms with Gasteiger partial charge in [-0.05, 0) is 32.4 Å². The number of hydrogen-bond acceptors (Lipinski definition) is 4. The van der Waals surface area contributed by atoms with Crippen LogP contribution in [0.2, 0.25) is 5.02 Å². The van der Waals surface area contributed by atoms with Gasteiger partial charge in [-0.25, -0.2) is 9.37 Å². The van der Waals surface area contributed by atoms with Crippen LogP contribution in [0.25, 0.3) is 33.0 Å². The van der Waals surface area contributed by atoms with E-state index in [0.717, 1.165) is 10.9 Å². The largest absolute Gasteiger partial charge is 0.433 e. The lowest BCUT2D eigenvalue weighted by Gasteiger charge is -2.19. The first kappa shape index (κ1) is 23.5. The van der Waals surface area contributed by atoms with E-state index in [1.165, 1.54) is 55.8 Å². The molecular formula is C22H19ClF4N4OS. The van der Waals surface area contributed by atoms with Crippen molar-refractivity contribution in [2.24, 2.45) is 0 Å². The maximum atomic E-state index is 14.7. The highest BCUT2D eigenvalue weighted by atomic mass is 35.5. The van der Waals surface area contributed by atoms with Crippen molar-refractivity contribution in [1.82, 2.24) is 19.7 Å². The number of aromatic nitrogens is 4. The molecule has 11 heteroatoms. The van der Waals surface area contributed by atoms with E-state index in [1.807, 2.05) is 0 Å². The van der Waals surface area contributed by atoms with Crippen LogP contribution >= 0.6 is 22.9 Å². The molecule has 0 aliphatic heterocycles. The van der Waals surface area contributed by atoms with Crippen molar-refractivity contribution in [1.29, 1.82) is 0 Å². The molecule has 0 spiro atoms. The van der Waals surface area contributed by atoms with Crippen LogP contribution in [0.4, 0.5) is 17.6 Å². The highest BCUT2D eigenvalue weighted by molar-refractivity contribution is 7.13. The van der Waals surface area contributed by atoms with Gasteiger partial charge in [0.05, 0.1) is 22.5 Å². The molecule has 3 heterocycles. The normalized spacial score (nSPS) is 12.5. The van der Waals surface area contributed by atoms with Crippen molar-refractivity contribution >= 4 is 22.9 Å². The Hall–Kier alpha value is -2.69. The lowest BCUT2D eigenvalue weighted by Crippen LogP contribution is -2.24. The minimum absolute atomic E-state index is 0.0647. The van der Waals surface area contributed by atoms with Crippen molar-refractivity contribution in [2.75, 3.05) is 0 Å². The van der Waals surface area contributed by atoms with E-state index in [4.69, 9.17) is 11.6 Å². The highest BCUT2D eigenvalue weighted by Gasteiger charge is 2.40. The van der Waals surface area contributed by atoms with Gasteiger partial charge < -0.3 is 10.1 Å². The van der Waals surface area contributed by atoms with Crippen LogP contribution in [0.15, 0.2) is 42.2 Å². The maximum Gasteiger partial charge on any atom is 0.433 e. The molecule has 0 unspecified atom stereocenters. The molecule has 33 heavy (non-hydrogen) atoms. The fourth-order valence-electron chi connectivity index (χ4n) is 3.57. The number of aliphatic hydroxyl groups is 1. The molecule has 4 rings (SSSR count). The Morgan fingerprint density at radius 1 is 1.18 bits per heavy atom. The first-order valence-corrected chi connectivity index (χ1v) is 11.1. The fraction of sp³-hybridized carbons (Fsp3) is 0.273. The number of thiazole rings is 1. The second-order valence-corrected chi connectivity index (χ2v) is 9.38. The van der Waals surface area contributed by atoms with Crippen LogP contribution in [-0.4, -0.2) is 30.5 Å². The summed E-state index contributed by atoms with van der Waals surface area (Å²) in [6.07, 6.45) is -0.613. The van der Waals surface area contributed by atoms with Crippen molar-refractivity contribution in [3.8, 4) is 33.0 Å². The number of aryl methyl sites for hydroxylation is 1. The number of H-pyrrole nitrogens is 1. The molecule has 0 amide bonds. The Morgan fingerprint density at radius 2 is 1.94 bits per heavy atom. The summed E-state index contributed by atoms with van der Waals surface area (Å²) >= 11 is 7.46. The number of nitrogens with one attached hydrogen (secondary N) is 1. The molecular weight excluding hydrogens is 480 g/mol. The van der Waals surface area contributed by atoms with Gasteiger partial charge in [0.2, 0.25) is 0 Å². The van der Waals surface area contributed by atoms with E-state index in [9.17, 15) is 22.7 Å². The van der Waals surface area contributed by atoms with E-state index >= 15 is 0 Å². The highest BCUT2D eigenvalue weighted by Crippen LogP contribution is 2.46. The van der Waals surface area contributed by atoms with Crippen LogP contribution < -0.4 is 0 Å². The van der Waals surface area contributed by atoms with Gasteiger partial charge in [0.1, 0.15) is 10.8 Å². The van der Waals surface area contributed by atoms with Gasteiger partial charge in [-0.15, -0.1) is 11.3 Å². The molecule has 5 nitrogen and oxygen atoms in total. The lowest BCUT2D eigenvalue weighted by atomic mass is 9.99. The quantitative estimate of drug-likeness (QED) is 0.293. The number of benzene rings is 1. The molecule has 4 aromatic rings. The van der Waals surface area contributed by atoms with Crippen molar-refractivity contribution in [2.45, 2.75) is 38.6 Å². The van der Waals surface area contributed by atoms with Crippen LogP contribution in [0.3, 0.4) is 0 Å². The number of alkyl halides is 3. The van der Waals surface area contributed by atoms with Crippen molar-refractivity contribution in [3.63, 3.8) is 0 Å². The number of aromatic amines is 1. The average Bonchev–Trinajstić information content (AvgIpc) is 3.43. The summed E-state index contributed by atoms with van der Waals surface area (Å²) in [4.78, 5) is 7.12. The Balaban J connectivity index is 1.94. The molecule has 174 valence electrons.